The van der Waals surface area contributed by atoms with Gasteiger partial charge in [-0.3, -0.25) is 4.79 Å². The molecule has 0 atom stereocenters. The number of anilines is 1. The highest BCUT2D eigenvalue weighted by atomic mass is 35.5. The maximum Gasteiger partial charge on any atom is 0.203 e. The molecule has 0 saturated heterocycles. The predicted molar refractivity (Wildman–Crippen MR) is 150 cm³/mol. The third kappa shape index (κ3) is 6.52. The van der Waals surface area contributed by atoms with Crippen LogP contribution >= 0.6 is 11.6 Å². The maximum absolute atomic E-state index is 12.6. The number of carbonyl (C=O) groups excluding carboxylic acids is 1. The van der Waals surface area contributed by atoms with Crippen molar-refractivity contribution >= 4 is 35.2 Å². The summed E-state index contributed by atoms with van der Waals surface area (Å²) in [6, 6.07) is 12.3. The van der Waals surface area contributed by atoms with Gasteiger partial charge in [0, 0.05) is 17.8 Å². The molecule has 0 aliphatic rings. The molecule has 200 valence electrons. The molecule has 0 spiro atoms. The van der Waals surface area contributed by atoms with Crippen molar-refractivity contribution in [2.45, 2.75) is 0 Å². The smallest absolute Gasteiger partial charge is 0.203 e. The monoisotopic (exact) mass is 539 g/mol. The van der Waals surface area contributed by atoms with Crippen LogP contribution in [0.3, 0.4) is 0 Å². The van der Waals surface area contributed by atoms with Gasteiger partial charge in [-0.15, -0.1) is 0 Å². The van der Waals surface area contributed by atoms with Crippen LogP contribution in [0.2, 0.25) is 5.02 Å². The molecule has 3 aromatic rings. The van der Waals surface area contributed by atoms with Gasteiger partial charge in [-0.25, -0.2) is 0 Å². The molecule has 8 nitrogen and oxygen atoms in total. The molecule has 0 aliphatic heterocycles. The molecular formula is C29H30ClNO7. The number of hydrogen-bond donors (Lipinski definition) is 1. The summed E-state index contributed by atoms with van der Waals surface area (Å²) in [7, 11) is 9.31. The molecule has 0 bridgehead atoms. The molecule has 0 saturated carbocycles. The molecular weight excluding hydrogens is 510 g/mol. The third-order valence-corrected chi connectivity index (χ3v) is 5.86. The van der Waals surface area contributed by atoms with Crippen molar-refractivity contribution in [3.05, 3.63) is 76.5 Å². The molecule has 3 rings (SSSR count). The van der Waals surface area contributed by atoms with Crippen LogP contribution in [0.5, 0.6) is 34.5 Å². The van der Waals surface area contributed by atoms with Crippen LogP contribution in [0.1, 0.15) is 21.5 Å². The highest BCUT2D eigenvalue weighted by molar-refractivity contribution is 6.32. The lowest BCUT2D eigenvalue weighted by Gasteiger charge is -2.14. The first-order chi connectivity index (χ1) is 18.4. The first-order valence-electron chi connectivity index (χ1n) is 11.4. The predicted octanol–water partition coefficient (Wildman–Crippen LogP) is 6.37. The van der Waals surface area contributed by atoms with E-state index in [9.17, 15) is 4.79 Å². The molecule has 0 heterocycles. The Hall–Kier alpha value is -4.30. The van der Waals surface area contributed by atoms with Crippen molar-refractivity contribution in [1.29, 1.82) is 0 Å². The lowest BCUT2D eigenvalue weighted by molar-refractivity contribution is 0.104. The first kappa shape index (κ1) is 28.3. The number of hydrogen-bond acceptors (Lipinski definition) is 8. The summed E-state index contributed by atoms with van der Waals surface area (Å²) in [5.41, 5.74) is 2.70. The minimum absolute atomic E-state index is 0.230. The first-order valence-corrected chi connectivity index (χ1v) is 11.8. The molecule has 38 heavy (non-hydrogen) atoms. The molecule has 0 unspecified atom stereocenters. The Balaban J connectivity index is 1.88. The van der Waals surface area contributed by atoms with Gasteiger partial charge >= 0.3 is 0 Å². The second kappa shape index (κ2) is 13.3. The third-order valence-electron chi connectivity index (χ3n) is 5.57. The standard InChI is InChI=1S/C29H30ClNO7/c1-33-24-10-9-20(17-21(24)30)23(32)11-12-31-22-13-18(14-25(34-2)28(22)37-5)7-8-19-15-26(35-3)29(38-6)27(16-19)36-4/h7-17,31H,1-6H3. The van der Waals surface area contributed by atoms with E-state index >= 15 is 0 Å². The lowest BCUT2D eigenvalue weighted by atomic mass is 10.1. The summed E-state index contributed by atoms with van der Waals surface area (Å²) >= 11 is 6.14. The van der Waals surface area contributed by atoms with E-state index in [0.717, 1.165) is 11.1 Å². The summed E-state index contributed by atoms with van der Waals surface area (Å²) in [6.07, 6.45) is 6.75. The van der Waals surface area contributed by atoms with Crippen molar-refractivity contribution in [3.63, 3.8) is 0 Å². The average Bonchev–Trinajstić information content (AvgIpc) is 2.94. The molecule has 0 fully saturated rings. The summed E-state index contributed by atoms with van der Waals surface area (Å²) in [6.45, 7) is 0. The Morgan fingerprint density at radius 1 is 0.684 bits per heavy atom. The molecule has 0 aliphatic carbocycles. The summed E-state index contributed by atoms with van der Waals surface area (Å²) in [5.74, 6) is 2.89. The number of halogens is 1. The van der Waals surface area contributed by atoms with E-state index in [-0.39, 0.29) is 5.78 Å². The normalized spacial score (nSPS) is 10.9. The van der Waals surface area contributed by atoms with Gasteiger partial charge in [-0.2, -0.15) is 0 Å². The maximum atomic E-state index is 12.6. The van der Waals surface area contributed by atoms with E-state index in [1.54, 1.807) is 53.7 Å². The Kier molecular flexibility index (Phi) is 9.90. The largest absolute Gasteiger partial charge is 0.495 e. The van der Waals surface area contributed by atoms with E-state index in [4.69, 9.17) is 40.0 Å². The quantitative estimate of drug-likeness (QED) is 0.161. The molecule has 0 amide bonds. The number of rotatable bonds is 12. The van der Waals surface area contributed by atoms with E-state index in [1.807, 2.05) is 36.4 Å². The van der Waals surface area contributed by atoms with Crippen LogP contribution in [0.25, 0.3) is 12.2 Å². The second-order valence-corrected chi connectivity index (χ2v) is 8.19. The number of ether oxygens (including phenoxy) is 6. The zero-order chi connectivity index (χ0) is 27.7. The van der Waals surface area contributed by atoms with Crippen LogP contribution in [0.15, 0.2) is 54.7 Å². The van der Waals surface area contributed by atoms with Gasteiger partial charge in [0.25, 0.3) is 0 Å². The van der Waals surface area contributed by atoms with Crippen LogP contribution in [-0.2, 0) is 0 Å². The van der Waals surface area contributed by atoms with E-state index < -0.39 is 0 Å². The van der Waals surface area contributed by atoms with Crippen molar-refractivity contribution in [2.75, 3.05) is 48.0 Å². The van der Waals surface area contributed by atoms with E-state index in [2.05, 4.69) is 5.32 Å². The molecule has 0 radical (unpaired) electrons. The number of benzene rings is 3. The van der Waals surface area contributed by atoms with Crippen molar-refractivity contribution in [2.24, 2.45) is 0 Å². The zero-order valence-corrected chi connectivity index (χ0v) is 22.8. The fourth-order valence-electron chi connectivity index (χ4n) is 3.70. The van der Waals surface area contributed by atoms with Crippen molar-refractivity contribution in [1.82, 2.24) is 0 Å². The van der Waals surface area contributed by atoms with Crippen molar-refractivity contribution < 1.29 is 33.2 Å². The Labute approximate surface area is 227 Å². The lowest BCUT2D eigenvalue weighted by Crippen LogP contribution is -2.00. The minimum atomic E-state index is -0.230. The summed E-state index contributed by atoms with van der Waals surface area (Å²) in [4.78, 5) is 12.6. The summed E-state index contributed by atoms with van der Waals surface area (Å²) in [5, 5.41) is 3.47. The van der Waals surface area contributed by atoms with Crippen LogP contribution < -0.4 is 33.7 Å². The summed E-state index contributed by atoms with van der Waals surface area (Å²) < 4.78 is 32.5. The fourth-order valence-corrected chi connectivity index (χ4v) is 3.96. The van der Waals surface area contributed by atoms with Gasteiger partial charge in [-0.05, 0) is 53.6 Å². The fraction of sp³-hybridized carbons (Fsp3) is 0.207. The molecule has 9 heteroatoms. The van der Waals surface area contributed by atoms with Gasteiger partial charge in [-0.1, -0.05) is 23.8 Å². The van der Waals surface area contributed by atoms with Gasteiger partial charge in [0.15, 0.2) is 28.8 Å². The number of allylic oxidation sites excluding steroid dienone is 1. The van der Waals surface area contributed by atoms with Crippen LogP contribution in [0.4, 0.5) is 5.69 Å². The highest BCUT2D eigenvalue weighted by Gasteiger charge is 2.14. The number of nitrogens with one attached hydrogen (secondary N) is 1. The average molecular weight is 540 g/mol. The SMILES string of the molecule is COc1ccc(C(=O)C=CNc2cc(C=Cc3cc(OC)c(OC)c(OC)c3)cc(OC)c2OC)cc1Cl. The van der Waals surface area contributed by atoms with Gasteiger partial charge in [0.05, 0.1) is 53.4 Å². The van der Waals surface area contributed by atoms with Crippen LogP contribution in [0, 0.1) is 0 Å². The van der Waals surface area contributed by atoms with Gasteiger partial charge in [0.2, 0.25) is 5.75 Å². The topological polar surface area (TPSA) is 84.5 Å². The van der Waals surface area contributed by atoms with Crippen molar-refractivity contribution in [3.8, 4) is 34.5 Å². The van der Waals surface area contributed by atoms with E-state index in [1.165, 1.54) is 19.4 Å². The number of ketones is 1. The molecule has 0 aromatic heterocycles. The van der Waals surface area contributed by atoms with Crippen LogP contribution in [-0.4, -0.2) is 48.4 Å². The minimum Gasteiger partial charge on any atom is -0.495 e. The van der Waals surface area contributed by atoms with Gasteiger partial charge in [0.1, 0.15) is 5.75 Å². The Morgan fingerprint density at radius 3 is 1.71 bits per heavy atom. The highest BCUT2D eigenvalue weighted by Crippen LogP contribution is 2.40. The van der Waals surface area contributed by atoms with Gasteiger partial charge < -0.3 is 33.7 Å². The Morgan fingerprint density at radius 2 is 1.21 bits per heavy atom. The molecule has 3 aromatic carbocycles. The number of carbonyl (C=O) groups is 1. The Bertz CT molecular complexity index is 1330. The number of methoxy groups -OCH3 is 6. The van der Waals surface area contributed by atoms with E-state index in [0.29, 0.717) is 50.8 Å². The molecule has 1 N–H and O–H groups in total. The second-order valence-electron chi connectivity index (χ2n) is 7.79. The zero-order valence-electron chi connectivity index (χ0n) is 22.1.